The first kappa shape index (κ1) is 20.3. The number of hydrogen-bond acceptors (Lipinski definition) is 4. The molecule has 1 fully saturated rings. The molecular weight excluding hydrogens is 370 g/mol. The van der Waals surface area contributed by atoms with E-state index in [0.29, 0.717) is 24.2 Å². The van der Waals surface area contributed by atoms with Crippen LogP contribution in [-0.4, -0.2) is 28.5 Å². The molecule has 0 spiro atoms. The smallest absolute Gasteiger partial charge is 0.333 e. The van der Waals surface area contributed by atoms with Crippen molar-refractivity contribution in [3.05, 3.63) is 62.7 Å². The Morgan fingerprint density at radius 3 is 2.50 bits per heavy atom. The molecule has 3 atom stereocenters. The highest BCUT2D eigenvalue weighted by Crippen LogP contribution is 2.43. The number of methoxy groups -OCH3 is 1. The number of ether oxygens (including phenoxy) is 2. The number of halogens is 2. The lowest BCUT2D eigenvalue weighted by atomic mass is 9.87. The molecule has 1 aliphatic rings. The summed E-state index contributed by atoms with van der Waals surface area (Å²) < 4.78 is 40.7. The van der Waals surface area contributed by atoms with Gasteiger partial charge in [0.05, 0.1) is 19.9 Å². The van der Waals surface area contributed by atoms with Gasteiger partial charge < -0.3 is 9.47 Å². The van der Waals surface area contributed by atoms with E-state index in [1.165, 1.54) is 7.11 Å². The molecule has 1 aliphatic heterocycles. The minimum atomic E-state index is -1.06. The monoisotopic (exact) mass is 394 g/mol. The van der Waals surface area contributed by atoms with Crippen LogP contribution in [0.5, 0.6) is 5.75 Å². The van der Waals surface area contributed by atoms with Gasteiger partial charge in [-0.3, -0.25) is 13.9 Å². The lowest BCUT2D eigenvalue weighted by Crippen LogP contribution is -2.43. The normalized spacial score (nSPS) is 24.5. The van der Waals surface area contributed by atoms with E-state index in [4.69, 9.17) is 9.47 Å². The van der Waals surface area contributed by atoms with Crippen molar-refractivity contribution >= 4 is 0 Å². The topological polar surface area (TPSA) is 62.5 Å². The van der Waals surface area contributed by atoms with Gasteiger partial charge in [0.2, 0.25) is 5.82 Å². The molecule has 2 aromatic rings. The van der Waals surface area contributed by atoms with Crippen LogP contribution in [0.25, 0.3) is 0 Å². The third-order valence-corrected chi connectivity index (χ3v) is 5.61. The highest BCUT2D eigenvalue weighted by Gasteiger charge is 2.46. The maximum atomic E-state index is 14.3. The number of nitrogens with zero attached hydrogens (tertiary/aromatic N) is 2. The van der Waals surface area contributed by atoms with E-state index in [9.17, 15) is 18.4 Å². The van der Waals surface area contributed by atoms with E-state index in [-0.39, 0.29) is 12.5 Å². The standard InChI is InChI=1S/C20H24F2N2O4/c1-4-20(12-21)13(2)9-17(28-20)23-11-16(22)18(25)24(19(23)26)10-14-5-7-15(27-3)8-6-14/h5-8,11,13,17H,4,9-10,12H2,1-3H3/t13-,17+,20-/m0/s1. The molecule has 1 aromatic carbocycles. The van der Waals surface area contributed by atoms with Crippen molar-refractivity contribution in [2.45, 2.75) is 45.1 Å². The molecule has 0 amide bonds. The summed E-state index contributed by atoms with van der Waals surface area (Å²) in [5, 5.41) is 0. The van der Waals surface area contributed by atoms with Crippen LogP contribution in [0.3, 0.4) is 0 Å². The Bertz CT molecular complexity index is 948. The molecule has 0 unspecified atom stereocenters. The number of rotatable bonds is 6. The second-order valence-corrected chi connectivity index (χ2v) is 7.17. The molecule has 152 valence electrons. The third kappa shape index (κ3) is 3.48. The van der Waals surface area contributed by atoms with E-state index >= 15 is 0 Å². The van der Waals surface area contributed by atoms with E-state index < -0.39 is 35.6 Å². The Hall–Kier alpha value is -2.48. The minimum absolute atomic E-state index is 0.0935. The van der Waals surface area contributed by atoms with E-state index in [0.717, 1.165) is 15.3 Å². The fourth-order valence-corrected chi connectivity index (χ4v) is 3.66. The molecule has 0 aliphatic carbocycles. The molecule has 2 heterocycles. The zero-order valence-electron chi connectivity index (χ0n) is 16.2. The fourth-order valence-electron chi connectivity index (χ4n) is 3.66. The molecule has 1 aromatic heterocycles. The summed E-state index contributed by atoms with van der Waals surface area (Å²) in [5.74, 6) is -0.578. The summed E-state index contributed by atoms with van der Waals surface area (Å²) in [6, 6.07) is 6.77. The second-order valence-electron chi connectivity index (χ2n) is 7.17. The first-order valence-corrected chi connectivity index (χ1v) is 9.23. The average molecular weight is 394 g/mol. The third-order valence-electron chi connectivity index (χ3n) is 5.61. The summed E-state index contributed by atoms with van der Waals surface area (Å²) in [4.78, 5) is 25.1. The van der Waals surface area contributed by atoms with Crippen LogP contribution in [0.4, 0.5) is 8.78 Å². The lowest BCUT2D eigenvalue weighted by Gasteiger charge is -2.28. The summed E-state index contributed by atoms with van der Waals surface area (Å²) in [7, 11) is 1.53. The zero-order chi connectivity index (χ0) is 20.5. The summed E-state index contributed by atoms with van der Waals surface area (Å²) in [6.45, 7) is 2.87. The Kier molecular flexibility index (Phi) is 5.69. The molecule has 0 saturated carbocycles. The molecule has 3 rings (SSSR count). The maximum absolute atomic E-state index is 14.3. The number of alkyl halides is 1. The van der Waals surface area contributed by atoms with Crippen molar-refractivity contribution in [1.29, 1.82) is 0 Å². The first-order valence-electron chi connectivity index (χ1n) is 9.23. The minimum Gasteiger partial charge on any atom is -0.497 e. The number of benzene rings is 1. The van der Waals surface area contributed by atoms with E-state index in [1.54, 1.807) is 24.3 Å². The molecule has 8 heteroatoms. The number of hydrogen-bond donors (Lipinski definition) is 0. The van der Waals surface area contributed by atoms with Crippen LogP contribution in [0.1, 0.15) is 38.5 Å². The van der Waals surface area contributed by atoms with Gasteiger partial charge in [0, 0.05) is 0 Å². The molecule has 28 heavy (non-hydrogen) atoms. The number of aromatic nitrogens is 2. The second kappa shape index (κ2) is 7.87. The fraction of sp³-hybridized carbons (Fsp3) is 0.500. The van der Waals surface area contributed by atoms with E-state index in [2.05, 4.69) is 0 Å². The molecule has 1 saturated heterocycles. The Morgan fingerprint density at radius 1 is 1.29 bits per heavy atom. The van der Waals surface area contributed by atoms with Gasteiger partial charge in [-0.25, -0.2) is 9.18 Å². The summed E-state index contributed by atoms with van der Waals surface area (Å²) in [5.41, 5.74) is -2.05. The van der Waals surface area contributed by atoms with Crippen LogP contribution < -0.4 is 16.0 Å². The predicted molar refractivity (Wildman–Crippen MR) is 99.9 cm³/mol. The largest absolute Gasteiger partial charge is 0.497 e. The molecule has 6 nitrogen and oxygen atoms in total. The quantitative estimate of drug-likeness (QED) is 0.756. The van der Waals surface area contributed by atoms with Gasteiger partial charge in [0.15, 0.2) is 0 Å². The summed E-state index contributed by atoms with van der Waals surface area (Å²) >= 11 is 0. The van der Waals surface area contributed by atoms with E-state index in [1.807, 2.05) is 13.8 Å². The molecular formula is C20H24F2N2O4. The van der Waals surface area contributed by atoms with Crippen molar-refractivity contribution in [2.75, 3.05) is 13.8 Å². The van der Waals surface area contributed by atoms with Crippen LogP contribution in [-0.2, 0) is 11.3 Å². The van der Waals surface area contributed by atoms with Crippen LogP contribution >= 0.6 is 0 Å². The zero-order valence-corrected chi connectivity index (χ0v) is 16.2. The highest BCUT2D eigenvalue weighted by molar-refractivity contribution is 5.27. The molecule has 0 N–H and O–H groups in total. The van der Waals surface area contributed by atoms with Gasteiger partial charge in [-0.05, 0) is 36.5 Å². The Morgan fingerprint density at radius 2 is 1.96 bits per heavy atom. The molecule has 0 radical (unpaired) electrons. The van der Waals surface area contributed by atoms with Crippen molar-refractivity contribution < 1.29 is 18.3 Å². The van der Waals surface area contributed by atoms with Gasteiger partial charge in [-0.1, -0.05) is 26.0 Å². The average Bonchev–Trinajstić information content (AvgIpc) is 3.05. The Balaban J connectivity index is 1.98. The van der Waals surface area contributed by atoms with Crippen molar-refractivity contribution in [2.24, 2.45) is 5.92 Å². The highest BCUT2D eigenvalue weighted by atomic mass is 19.1. The maximum Gasteiger partial charge on any atom is 0.333 e. The first-order chi connectivity index (χ1) is 13.3. The van der Waals surface area contributed by atoms with Crippen LogP contribution in [0.2, 0.25) is 0 Å². The van der Waals surface area contributed by atoms with Crippen LogP contribution in [0.15, 0.2) is 40.1 Å². The van der Waals surface area contributed by atoms with Gasteiger partial charge in [0.25, 0.3) is 5.56 Å². The summed E-state index contributed by atoms with van der Waals surface area (Å²) in [6.07, 6.45) is 0.827. The predicted octanol–water partition coefficient (Wildman–Crippen LogP) is 2.88. The van der Waals surface area contributed by atoms with Crippen molar-refractivity contribution in [3.63, 3.8) is 0 Å². The van der Waals surface area contributed by atoms with Crippen LogP contribution in [0, 0.1) is 11.7 Å². The Labute approximate surface area is 161 Å². The van der Waals surface area contributed by atoms with Gasteiger partial charge >= 0.3 is 5.69 Å². The van der Waals surface area contributed by atoms with Gasteiger partial charge in [-0.2, -0.15) is 4.39 Å². The van der Waals surface area contributed by atoms with Gasteiger partial charge in [0.1, 0.15) is 24.3 Å². The van der Waals surface area contributed by atoms with Crippen molar-refractivity contribution in [3.8, 4) is 5.75 Å². The lowest BCUT2D eigenvalue weighted by molar-refractivity contribution is -0.0987. The molecule has 0 bridgehead atoms. The van der Waals surface area contributed by atoms with Gasteiger partial charge in [-0.15, -0.1) is 0 Å². The van der Waals surface area contributed by atoms with Crippen molar-refractivity contribution in [1.82, 2.24) is 9.13 Å². The SMILES string of the molecule is CC[C@@]1(CF)O[C@@H](n2cc(F)c(=O)n(Cc3ccc(OC)cc3)c2=O)C[C@@H]1C.